The second kappa shape index (κ2) is 7.10. The fraction of sp³-hybridized carbons (Fsp3) is 0.182. The lowest BCUT2D eigenvalue weighted by molar-refractivity contribution is 0.322. The molecule has 0 saturated carbocycles. The molecule has 0 spiro atoms. The van der Waals surface area contributed by atoms with Crippen molar-refractivity contribution in [1.82, 2.24) is 0 Å². The Labute approximate surface area is 160 Å². The highest BCUT2D eigenvalue weighted by Gasteiger charge is 2.18. The van der Waals surface area contributed by atoms with Gasteiger partial charge in [0.15, 0.2) is 20.9 Å². The van der Waals surface area contributed by atoms with E-state index in [0.29, 0.717) is 23.7 Å². The van der Waals surface area contributed by atoms with Gasteiger partial charge in [0.05, 0.1) is 21.3 Å². The van der Waals surface area contributed by atoms with Gasteiger partial charge in [-0.1, -0.05) is 24.3 Å². The van der Waals surface area contributed by atoms with Crippen LogP contribution in [0.25, 0.3) is 20.2 Å². The minimum atomic E-state index is -1.14. The Kier molecular flexibility index (Phi) is 4.64. The fourth-order valence-corrected chi connectivity index (χ4v) is 5.00. The molecule has 0 amide bonds. The van der Waals surface area contributed by atoms with Gasteiger partial charge >= 0.3 is 0 Å². The zero-order valence-electron chi connectivity index (χ0n) is 15.4. The van der Waals surface area contributed by atoms with Crippen LogP contribution in [-0.2, 0) is 6.42 Å². The van der Waals surface area contributed by atoms with Crippen LogP contribution in [0.4, 0.5) is 0 Å². The van der Waals surface area contributed by atoms with Crippen LogP contribution < -0.4 is 14.2 Å². The molecule has 138 valence electrons. The third-order valence-electron chi connectivity index (χ3n) is 4.80. The summed E-state index contributed by atoms with van der Waals surface area (Å²) >= 11 is 0. The molecule has 0 aliphatic heterocycles. The van der Waals surface area contributed by atoms with Crippen LogP contribution in [0.3, 0.4) is 0 Å². The number of ether oxygens (including phenoxy) is 3. The molecule has 4 nitrogen and oxygen atoms in total. The number of fused-ring (bicyclic) bond motifs is 3. The molecular weight excluding hydrogens is 360 g/mol. The van der Waals surface area contributed by atoms with Gasteiger partial charge in [-0.05, 0) is 40.6 Å². The van der Waals surface area contributed by atoms with Gasteiger partial charge in [0.2, 0.25) is 5.75 Å². The first kappa shape index (κ1) is 17.6. The van der Waals surface area contributed by atoms with E-state index in [4.69, 9.17) is 14.2 Å². The normalized spacial score (nSPS) is 11.8. The molecule has 27 heavy (non-hydrogen) atoms. The fourth-order valence-electron chi connectivity index (χ4n) is 3.54. The summed E-state index contributed by atoms with van der Waals surface area (Å²) in [5.41, 5.74) is 2.05. The van der Waals surface area contributed by atoms with E-state index in [1.165, 1.54) is 0 Å². The van der Waals surface area contributed by atoms with Gasteiger partial charge in [-0.2, -0.15) is 0 Å². The standard InChI is InChI=1S/C22H20O4S/c1-24-18-11-9-15(21(25-2)22(18)26-3)12-14-8-10-17-16-6-4-5-7-19(16)27(23)20(17)13-14/h4-11,13H,12H2,1-3H3. The highest BCUT2D eigenvalue weighted by Crippen LogP contribution is 2.43. The van der Waals surface area contributed by atoms with Crippen molar-refractivity contribution in [2.45, 2.75) is 6.42 Å². The number of rotatable bonds is 5. The largest absolute Gasteiger partial charge is 0.590 e. The minimum absolute atomic E-state index is 0.578. The van der Waals surface area contributed by atoms with Crippen molar-refractivity contribution in [2.24, 2.45) is 0 Å². The van der Waals surface area contributed by atoms with Crippen LogP contribution in [0.15, 0.2) is 54.6 Å². The molecule has 1 unspecified atom stereocenters. The molecule has 4 aromatic rings. The predicted octanol–water partition coefficient (Wildman–Crippen LogP) is 5.34. The van der Waals surface area contributed by atoms with Crippen LogP contribution in [0.1, 0.15) is 11.1 Å². The van der Waals surface area contributed by atoms with Crippen LogP contribution in [0.5, 0.6) is 17.2 Å². The highest BCUT2D eigenvalue weighted by atomic mass is 32.2. The first-order chi connectivity index (χ1) is 13.2. The molecule has 0 fully saturated rings. The molecule has 0 radical (unpaired) electrons. The average molecular weight is 380 g/mol. The minimum Gasteiger partial charge on any atom is -0.590 e. The number of benzene rings is 3. The Bertz CT molecular complexity index is 1130. The summed E-state index contributed by atoms with van der Waals surface area (Å²) in [5, 5.41) is 2.10. The van der Waals surface area contributed by atoms with Crippen molar-refractivity contribution in [3.8, 4) is 17.2 Å². The van der Waals surface area contributed by atoms with E-state index in [0.717, 1.165) is 31.3 Å². The van der Waals surface area contributed by atoms with Gasteiger partial charge in [-0.3, -0.25) is 0 Å². The molecule has 0 saturated heterocycles. The van der Waals surface area contributed by atoms with E-state index < -0.39 is 10.8 Å². The summed E-state index contributed by atoms with van der Waals surface area (Å²) in [6, 6.07) is 17.9. The predicted molar refractivity (Wildman–Crippen MR) is 109 cm³/mol. The number of thiophene rings is 1. The lowest BCUT2D eigenvalue weighted by atomic mass is 10.0. The van der Waals surface area contributed by atoms with Crippen molar-refractivity contribution in [3.63, 3.8) is 0 Å². The SMILES string of the molecule is COc1ccc(Cc2ccc3c4ccccc4[s+]([O-])c3c2)c(OC)c1OC. The summed E-state index contributed by atoms with van der Waals surface area (Å²) in [5.74, 6) is 1.86. The lowest BCUT2D eigenvalue weighted by Gasteiger charge is -2.15. The summed E-state index contributed by atoms with van der Waals surface area (Å²) in [6.07, 6.45) is 0.643. The zero-order valence-corrected chi connectivity index (χ0v) is 16.3. The van der Waals surface area contributed by atoms with Gasteiger partial charge < -0.3 is 18.8 Å². The van der Waals surface area contributed by atoms with Crippen LogP contribution in [-0.4, -0.2) is 25.9 Å². The topological polar surface area (TPSA) is 50.8 Å². The van der Waals surface area contributed by atoms with Crippen molar-refractivity contribution in [3.05, 3.63) is 65.7 Å². The monoisotopic (exact) mass is 380 g/mol. The van der Waals surface area contributed by atoms with Crippen LogP contribution in [0.2, 0.25) is 0 Å². The Morgan fingerprint density at radius 2 is 1.52 bits per heavy atom. The number of methoxy groups -OCH3 is 3. The molecule has 1 heterocycles. The molecule has 1 aromatic heterocycles. The third-order valence-corrected chi connectivity index (χ3v) is 6.30. The maximum Gasteiger partial charge on any atom is 0.203 e. The quantitative estimate of drug-likeness (QED) is 0.439. The molecule has 4 rings (SSSR count). The summed E-state index contributed by atoms with van der Waals surface area (Å²) < 4.78 is 31.0. The maximum atomic E-state index is 12.8. The first-order valence-electron chi connectivity index (χ1n) is 8.60. The van der Waals surface area contributed by atoms with Gasteiger partial charge in [0, 0.05) is 28.8 Å². The van der Waals surface area contributed by atoms with Gasteiger partial charge in [-0.25, -0.2) is 0 Å². The van der Waals surface area contributed by atoms with Crippen molar-refractivity contribution in [2.75, 3.05) is 21.3 Å². The average Bonchev–Trinajstić information content (AvgIpc) is 2.99. The Morgan fingerprint density at radius 1 is 0.778 bits per heavy atom. The van der Waals surface area contributed by atoms with E-state index in [1.807, 2.05) is 42.5 Å². The number of hydrogen-bond acceptors (Lipinski definition) is 4. The molecule has 3 aromatic carbocycles. The van der Waals surface area contributed by atoms with Crippen molar-refractivity contribution < 1.29 is 18.8 Å². The third kappa shape index (κ3) is 2.89. The smallest absolute Gasteiger partial charge is 0.203 e. The molecule has 0 bridgehead atoms. The van der Waals surface area contributed by atoms with E-state index in [-0.39, 0.29) is 0 Å². The Balaban J connectivity index is 1.80. The summed E-state index contributed by atoms with van der Waals surface area (Å²) in [7, 11) is 3.68. The highest BCUT2D eigenvalue weighted by molar-refractivity contribution is 7.37. The molecule has 0 N–H and O–H groups in total. The van der Waals surface area contributed by atoms with Gasteiger partial charge in [0.1, 0.15) is 0 Å². The Hall–Kier alpha value is -2.76. The summed E-state index contributed by atoms with van der Waals surface area (Å²) in [4.78, 5) is 0. The zero-order chi connectivity index (χ0) is 19.0. The van der Waals surface area contributed by atoms with Gasteiger partial charge in [0.25, 0.3) is 0 Å². The van der Waals surface area contributed by atoms with E-state index >= 15 is 0 Å². The van der Waals surface area contributed by atoms with E-state index in [1.54, 1.807) is 21.3 Å². The maximum absolute atomic E-state index is 12.8. The van der Waals surface area contributed by atoms with E-state index in [2.05, 4.69) is 12.1 Å². The van der Waals surface area contributed by atoms with Crippen molar-refractivity contribution >= 4 is 30.9 Å². The molecule has 0 aliphatic carbocycles. The number of hydrogen-bond donors (Lipinski definition) is 0. The second-order valence-corrected chi connectivity index (χ2v) is 7.68. The van der Waals surface area contributed by atoms with E-state index in [9.17, 15) is 4.55 Å². The summed E-state index contributed by atoms with van der Waals surface area (Å²) in [6.45, 7) is 0. The van der Waals surface area contributed by atoms with Crippen LogP contribution >= 0.6 is 10.8 Å². The first-order valence-corrected chi connectivity index (χ1v) is 9.75. The molecular formula is C22H20O4S. The molecule has 5 heteroatoms. The van der Waals surface area contributed by atoms with Crippen LogP contribution in [0, 0.1) is 0 Å². The Morgan fingerprint density at radius 3 is 2.26 bits per heavy atom. The van der Waals surface area contributed by atoms with Gasteiger partial charge in [-0.15, -0.1) is 0 Å². The second-order valence-electron chi connectivity index (χ2n) is 6.27. The van der Waals surface area contributed by atoms with Crippen molar-refractivity contribution in [1.29, 1.82) is 0 Å². The molecule has 0 aliphatic rings. The molecule has 1 atom stereocenters. The lowest BCUT2D eigenvalue weighted by Crippen LogP contribution is -1.99.